The number of rotatable bonds is 9. The summed E-state index contributed by atoms with van der Waals surface area (Å²) in [5.41, 5.74) is -0.375. The molecule has 2 aromatic heterocycles. The van der Waals surface area contributed by atoms with Gasteiger partial charge in [-0.25, -0.2) is 23.5 Å². The van der Waals surface area contributed by atoms with Crippen molar-refractivity contribution in [1.29, 1.82) is 0 Å². The maximum Gasteiger partial charge on any atom is 0.416 e. The summed E-state index contributed by atoms with van der Waals surface area (Å²) in [6, 6.07) is 5.28. The number of phenols is 1. The van der Waals surface area contributed by atoms with Crippen molar-refractivity contribution in [2.24, 2.45) is 0 Å². The van der Waals surface area contributed by atoms with E-state index >= 15 is 0 Å². The topological polar surface area (TPSA) is 119 Å². The molecule has 0 aliphatic rings. The Morgan fingerprint density at radius 2 is 1.56 bits per heavy atom. The fourth-order valence-electron chi connectivity index (χ4n) is 4.03. The molecule has 0 bridgehead atoms. The molecule has 2 amide bonds. The van der Waals surface area contributed by atoms with Crippen LogP contribution in [0.1, 0.15) is 62.3 Å². The van der Waals surface area contributed by atoms with E-state index in [1.54, 1.807) is 53.8 Å². The first-order valence-electron chi connectivity index (χ1n) is 15.0. The molecule has 13 heteroatoms. The summed E-state index contributed by atoms with van der Waals surface area (Å²) in [5.74, 6) is -0.618. The average Bonchev–Trinajstić information content (AvgIpc) is 3.28. The molecule has 1 N–H and O–H groups in total. The predicted molar refractivity (Wildman–Crippen MR) is 175 cm³/mol. The van der Waals surface area contributed by atoms with Gasteiger partial charge in [-0.1, -0.05) is 20.8 Å². The molecule has 0 fully saturated rings. The van der Waals surface area contributed by atoms with Crippen LogP contribution in [0, 0.1) is 5.82 Å². The SMILES string of the molecule is CC(C)(C)OC(=O)N(CCO[Si](C)(C)C(C)(C)C)CCN(C(=O)OC(C)(C)C)c1ccn2ncc(-c3cc(O)cc(F)c3)c2n1. The van der Waals surface area contributed by atoms with Gasteiger partial charge in [0.2, 0.25) is 0 Å². The molecule has 0 saturated heterocycles. The highest BCUT2D eigenvalue weighted by atomic mass is 28.4. The minimum atomic E-state index is -2.08. The van der Waals surface area contributed by atoms with Crippen LogP contribution >= 0.6 is 0 Å². The van der Waals surface area contributed by atoms with Crippen LogP contribution in [0.3, 0.4) is 0 Å². The first-order chi connectivity index (χ1) is 20.6. The van der Waals surface area contributed by atoms with Gasteiger partial charge in [-0.05, 0) is 83.4 Å². The summed E-state index contributed by atoms with van der Waals surface area (Å²) in [4.78, 5) is 34.4. The van der Waals surface area contributed by atoms with Crippen LogP contribution in [-0.4, -0.2) is 82.6 Å². The summed E-state index contributed by atoms with van der Waals surface area (Å²) in [7, 11) is -2.08. The fraction of sp³-hybridized carbons (Fsp3) is 0.562. The number of ether oxygens (including phenoxy) is 2. The number of amides is 2. The van der Waals surface area contributed by atoms with E-state index in [2.05, 4.69) is 39.0 Å². The zero-order valence-electron chi connectivity index (χ0n) is 28.4. The number of aromatic nitrogens is 3. The molecule has 45 heavy (non-hydrogen) atoms. The van der Waals surface area contributed by atoms with Crippen molar-refractivity contribution in [2.45, 2.75) is 91.6 Å². The normalized spacial score (nSPS) is 12.7. The van der Waals surface area contributed by atoms with Crippen LogP contribution in [0.15, 0.2) is 36.7 Å². The van der Waals surface area contributed by atoms with E-state index in [-0.39, 0.29) is 36.2 Å². The quantitative estimate of drug-likeness (QED) is 0.242. The third-order valence-corrected chi connectivity index (χ3v) is 11.9. The van der Waals surface area contributed by atoms with E-state index < -0.39 is 37.5 Å². The van der Waals surface area contributed by atoms with E-state index in [9.17, 15) is 19.1 Å². The standard InChI is InChI=1S/C32H48FN5O6Si/c1-30(2,3)43-28(40)36(16-17-42-45(10,11)32(7,8)9)14-15-37(29(41)44-31(4,5)6)26-12-13-38-27(35-26)25(21-34-38)22-18-23(33)20-24(39)19-22/h12-13,18-21,39H,14-17H2,1-11H3. The molecule has 11 nitrogen and oxygen atoms in total. The third kappa shape index (κ3) is 9.89. The van der Waals surface area contributed by atoms with Gasteiger partial charge in [-0.3, -0.25) is 4.90 Å². The summed E-state index contributed by atoms with van der Waals surface area (Å²) in [6.45, 7) is 22.1. The van der Waals surface area contributed by atoms with Gasteiger partial charge in [0, 0.05) is 37.5 Å². The summed E-state index contributed by atoms with van der Waals surface area (Å²) in [6.07, 6.45) is 1.93. The highest BCUT2D eigenvalue weighted by Gasteiger charge is 2.37. The van der Waals surface area contributed by atoms with Crippen molar-refractivity contribution in [1.82, 2.24) is 19.5 Å². The van der Waals surface area contributed by atoms with Gasteiger partial charge in [0.05, 0.1) is 12.8 Å². The van der Waals surface area contributed by atoms with E-state index in [1.807, 2.05) is 0 Å². The Labute approximate surface area is 266 Å². The monoisotopic (exact) mass is 645 g/mol. The highest BCUT2D eigenvalue weighted by Crippen LogP contribution is 2.36. The van der Waals surface area contributed by atoms with E-state index in [4.69, 9.17) is 18.9 Å². The predicted octanol–water partition coefficient (Wildman–Crippen LogP) is 7.24. The number of aromatic hydroxyl groups is 1. The maximum absolute atomic E-state index is 14.1. The van der Waals surface area contributed by atoms with Crippen molar-refractivity contribution >= 4 is 32.0 Å². The molecule has 0 aliphatic carbocycles. The molecule has 0 aliphatic heterocycles. The summed E-state index contributed by atoms with van der Waals surface area (Å²) < 4.78 is 33.4. The zero-order valence-corrected chi connectivity index (χ0v) is 29.4. The van der Waals surface area contributed by atoms with Crippen LogP contribution in [0.4, 0.5) is 19.8 Å². The lowest BCUT2D eigenvalue weighted by Crippen LogP contribution is -2.47. The molecule has 0 atom stereocenters. The molecule has 0 spiro atoms. The minimum absolute atomic E-state index is 0.00163. The Hall–Kier alpha value is -3.71. The number of phenolic OH excluding ortho intramolecular Hbond substituents is 1. The van der Waals surface area contributed by atoms with Crippen LogP contribution in [-0.2, 0) is 13.9 Å². The molecular formula is C32H48FN5O6Si. The molecule has 3 aromatic rings. The molecular weight excluding hydrogens is 597 g/mol. The number of carbonyl (C=O) groups excluding carboxylic acids is 2. The van der Waals surface area contributed by atoms with E-state index in [0.717, 1.165) is 6.07 Å². The lowest BCUT2D eigenvalue weighted by atomic mass is 10.1. The van der Waals surface area contributed by atoms with Gasteiger partial charge in [0.15, 0.2) is 14.0 Å². The van der Waals surface area contributed by atoms with Gasteiger partial charge in [0.1, 0.15) is 28.6 Å². The number of hydrogen-bond donors (Lipinski definition) is 1. The highest BCUT2D eigenvalue weighted by molar-refractivity contribution is 6.74. The minimum Gasteiger partial charge on any atom is -0.508 e. The van der Waals surface area contributed by atoms with Crippen molar-refractivity contribution in [3.05, 3.63) is 42.5 Å². The second kappa shape index (κ2) is 13.3. The van der Waals surface area contributed by atoms with Crippen LogP contribution < -0.4 is 4.90 Å². The number of nitrogens with zero attached hydrogens (tertiary/aromatic N) is 5. The first-order valence-corrected chi connectivity index (χ1v) is 17.9. The Morgan fingerprint density at radius 3 is 2.13 bits per heavy atom. The van der Waals surface area contributed by atoms with Crippen molar-refractivity contribution in [2.75, 3.05) is 31.1 Å². The lowest BCUT2D eigenvalue weighted by molar-refractivity contribution is 0.0221. The number of carbonyl (C=O) groups is 2. The molecule has 0 radical (unpaired) electrons. The van der Waals surface area contributed by atoms with Gasteiger partial charge in [0.25, 0.3) is 0 Å². The number of hydrogen-bond acceptors (Lipinski definition) is 8. The number of anilines is 1. The number of fused-ring (bicyclic) bond motifs is 1. The average molecular weight is 646 g/mol. The van der Waals surface area contributed by atoms with E-state index in [0.29, 0.717) is 23.4 Å². The van der Waals surface area contributed by atoms with Crippen LogP contribution in [0.2, 0.25) is 18.1 Å². The molecule has 0 saturated carbocycles. The zero-order chi connectivity index (χ0) is 34.0. The van der Waals surface area contributed by atoms with Crippen molar-refractivity contribution in [3.63, 3.8) is 0 Å². The third-order valence-electron chi connectivity index (χ3n) is 7.31. The van der Waals surface area contributed by atoms with Gasteiger partial charge < -0.3 is 23.9 Å². The van der Waals surface area contributed by atoms with Crippen LogP contribution in [0.25, 0.3) is 16.8 Å². The Morgan fingerprint density at radius 1 is 0.933 bits per heavy atom. The fourth-order valence-corrected chi connectivity index (χ4v) is 5.06. The van der Waals surface area contributed by atoms with Crippen LogP contribution in [0.5, 0.6) is 5.75 Å². The molecule has 2 heterocycles. The smallest absolute Gasteiger partial charge is 0.416 e. The van der Waals surface area contributed by atoms with Gasteiger partial charge >= 0.3 is 12.2 Å². The number of benzene rings is 1. The largest absolute Gasteiger partial charge is 0.508 e. The van der Waals surface area contributed by atoms with Gasteiger partial charge in [-0.15, -0.1) is 0 Å². The molecule has 3 rings (SSSR count). The first kappa shape index (κ1) is 35.8. The molecule has 0 unspecified atom stereocenters. The van der Waals surface area contributed by atoms with Gasteiger partial charge in [-0.2, -0.15) is 5.10 Å². The Kier molecular flexibility index (Phi) is 10.6. The van der Waals surface area contributed by atoms with Crippen molar-refractivity contribution < 1.29 is 33.0 Å². The second-order valence-corrected chi connectivity index (χ2v) is 19.3. The van der Waals surface area contributed by atoms with Crippen molar-refractivity contribution in [3.8, 4) is 16.9 Å². The maximum atomic E-state index is 14.1. The Bertz CT molecular complexity index is 1490. The second-order valence-electron chi connectivity index (χ2n) is 14.5. The summed E-state index contributed by atoms with van der Waals surface area (Å²) >= 11 is 0. The lowest BCUT2D eigenvalue weighted by Gasteiger charge is -2.37. The molecule has 1 aromatic carbocycles. The number of halogens is 1. The molecule has 248 valence electrons. The Balaban J connectivity index is 1.96. The summed E-state index contributed by atoms with van der Waals surface area (Å²) in [5, 5.41) is 14.3. The van der Waals surface area contributed by atoms with E-state index in [1.165, 1.54) is 32.6 Å².